The van der Waals surface area contributed by atoms with Crippen molar-refractivity contribution in [2.24, 2.45) is 5.73 Å². The molecule has 0 heterocycles. The fraction of sp³-hybridized carbons (Fsp3) is 0.667. The number of aliphatic carboxylic acids is 1. The van der Waals surface area contributed by atoms with Gasteiger partial charge in [-0.25, -0.2) is 0 Å². The number of rotatable bonds is 10. The topological polar surface area (TPSA) is 191 Å². The Bertz CT molecular complexity index is 474. The second kappa shape index (κ2) is 10.8. The maximum absolute atomic E-state index is 12.0. The van der Waals surface area contributed by atoms with Crippen LogP contribution in [0.3, 0.4) is 0 Å². The lowest BCUT2D eigenvalue weighted by atomic mass is 10.1. The summed E-state index contributed by atoms with van der Waals surface area (Å²) in [5, 5.41) is 33.2. The van der Waals surface area contributed by atoms with Gasteiger partial charge in [0.15, 0.2) is 0 Å². The Morgan fingerprint density at radius 3 is 2.04 bits per heavy atom. The molecule has 11 nitrogen and oxygen atoms in total. The molecule has 0 aliphatic carbocycles. The van der Waals surface area contributed by atoms with Gasteiger partial charge in [-0.1, -0.05) is 0 Å². The van der Waals surface area contributed by atoms with Crippen LogP contribution in [0.1, 0.15) is 6.92 Å². The van der Waals surface area contributed by atoms with Gasteiger partial charge in [-0.2, -0.15) is 12.6 Å². The number of amides is 3. The average Bonchev–Trinajstić information content (AvgIpc) is 2.53. The molecule has 0 aliphatic rings. The standard InChI is InChI=1S/C12H22N4O7S/c1-5(18)9(13)12(23)16-7(4-24)11(22)15-6(3-17)10(21)14-2-8(19)20/h5-7,9,17-18,24H,2-4,13H2,1H3,(H,14,21)(H,15,22)(H,16,23)(H,19,20). The van der Waals surface area contributed by atoms with Crippen LogP contribution >= 0.6 is 12.6 Å². The van der Waals surface area contributed by atoms with Crippen molar-refractivity contribution in [2.45, 2.75) is 31.2 Å². The molecule has 138 valence electrons. The van der Waals surface area contributed by atoms with E-state index in [-0.39, 0.29) is 5.75 Å². The smallest absolute Gasteiger partial charge is 0.322 e. The Kier molecular flexibility index (Phi) is 9.95. The van der Waals surface area contributed by atoms with E-state index in [9.17, 15) is 24.3 Å². The number of carboxylic acid groups (broad SMARTS) is 1. The van der Waals surface area contributed by atoms with Crippen LogP contribution in [0.15, 0.2) is 0 Å². The van der Waals surface area contributed by atoms with Crippen LogP contribution in [0.4, 0.5) is 0 Å². The maximum atomic E-state index is 12.0. The number of nitrogens with two attached hydrogens (primary N) is 1. The maximum Gasteiger partial charge on any atom is 0.322 e. The Hall–Kier alpha value is -1.89. The van der Waals surface area contributed by atoms with E-state index in [1.54, 1.807) is 0 Å². The van der Waals surface area contributed by atoms with Crippen molar-refractivity contribution >= 4 is 36.3 Å². The molecule has 0 radical (unpaired) electrons. The van der Waals surface area contributed by atoms with Gasteiger partial charge in [0, 0.05) is 5.75 Å². The largest absolute Gasteiger partial charge is 0.480 e. The quantitative estimate of drug-likeness (QED) is 0.178. The lowest BCUT2D eigenvalue weighted by Crippen LogP contribution is -2.58. The lowest BCUT2D eigenvalue weighted by molar-refractivity contribution is -0.139. The minimum absolute atomic E-state index is 0.140. The number of aliphatic hydroxyl groups excluding tert-OH is 2. The number of carboxylic acids is 1. The number of thiol groups is 1. The highest BCUT2D eigenvalue weighted by Crippen LogP contribution is 1.95. The van der Waals surface area contributed by atoms with E-state index in [0.29, 0.717) is 0 Å². The molecule has 0 aromatic carbocycles. The summed E-state index contributed by atoms with van der Waals surface area (Å²) in [6.07, 6.45) is -1.14. The third-order valence-corrected chi connectivity index (χ3v) is 3.23. The van der Waals surface area contributed by atoms with Gasteiger partial charge in [-0.3, -0.25) is 19.2 Å². The molecule has 4 atom stereocenters. The summed E-state index contributed by atoms with van der Waals surface area (Å²) in [5.74, 6) is -3.97. The van der Waals surface area contributed by atoms with Gasteiger partial charge in [-0.15, -0.1) is 0 Å². The van der Waals surface area contributed by atoms with E-state index in [4.69, 9.17) is 15.9 Å². The summed E-state index contributed by atoms with van der Waals surface area (Å²) in [6.45, 7) is -0.159. The molecule has 0 saturated carbocycles. The molecule has 0 fully saturated rings. The van der Waals surface area contributed by atoms with Crippen molar-refractivity contribution in [1.82, 2.24) is 16.0 Å². The number of hydrogen-bond donors (Lipinski definition) is 8. The van der Waals surface area contributed by atoms with Crippen LogP contribution in [0, 0.1) is 0 Å². The number of carbonyl (C=O) groups excluding carboxylic acids is 3. The zero-order chi connectivity index (χ0) is 18.9. The van der Waals surface area contributed by atoms with Crippen molar-refractivity contribution in [3.05, 3.63) is 0 Å². The van der Waals surface area contributed by atoms with Crippen LogP contribution < -0.4 is 21.7 Å². The summed E-state index contributed by atoms with van der Waals surface area (Å²) >= 11 is 3.90. The van der Waals surface area contributed by atoms with E-state index in [2.05, 4.69) is 23.3 Å². The number of carbonyl (C=O) groups is 4. The monoisotopic (exact) mass is 366 g/mol. The summed E-state index contributed by atoms with van der Waals surface area (Å²) in [6, 6.07) is -3.83. The Labute approximate surface area is 143 Å². The molecule has 8 N–H and O–H groups in total. The fourth-order valence-electron chi connectivity index (χ4n) is 1.43. The van der Waals surface area contributed by atoms with Crippen molar-refractivity contribution in [3.63, 3.8) is 0 Å². The molecule has 12 heteroatoms. The van der Waals surface area contributed by atoms with E-state index < -0.39 is 61.1 Å². The first-order chi connectivity index (χ1) is 11.1. The molecular weight excluding hydrogens is 344 g/mol. The van der Waals surface area contributed by atoms with Crippen molar-refractivity contribution < 1.29 is 34.5 Å². The highest BCUT2D eigenvalue weighted by molar-refractivity contribution is 7.80. The van der Waals surface area contributed by atoms with Crippen molar-refractivity contribution in [1.29, 1.82) is 0 Å². The average molecular weight is 366 g/mol. The summed E-state index contributed by atoms with van der Waals surface area (Å²) in [4.78, 5) is 45.8. The van der Waals surface area contributed by atoms with E-state index >= 15 is 0 Å². The van der Waals surface area contributed by atoms with Crippen LogP contribution in [-0.2, 0) is 19.2 Å². The number of aliphatic hydroxyl groups is 2. The van der Waals surface area contributed by atoms with E-state index in [0.717, 1.165) is 0 Å². The van der Waals surface area contributed by atoms with Gasteiger partial charge in [0.1, 0.15) is 24.7 Å². The molecule has 3 amide bonds. The molecule has 0 rings (SSSR count). The number of nitrogens with one attached hydrogen (secondary N) is 3. The van der Waals surface area contributed by atoms with Gasteiger partial charge in [0.2, 0.25) is 17.7 Å². The molecular formula is C12H22N4O7S. The second-order valence-corrected chi connectivity index (χ2v) is 5.23. The minimum atomic E-state index is -1.40. The van der Waals surface area contributed by atoms with Crippen LogP contribution in [0.2, 0.25) is 0 Å². The molecule has 0 spiro atoms. The van der Waals surface area contributed by atoms with Crippen LogP contribution in [0.25, 0.3) is 0 Å². The molecule has 0 saturated heterocycles. The van der Waals surface area contributed by atoms with Crippen molar-refractivity contribution in [3.8, 4) is 0 Å². The highest BCUT2D eigenvalue weighted by Gasteiger charge is 2.28. The molecule has 0 aromatic heterocycles. The van der Waals surface area contributed by atoms with Crippen LogP contribution in [0.5, 0.6) is 0 Å². The normalized spacial score (nSPS) is 15.5. The molecule has 0 bridgehead atoms. The summed E-state index contributed by atoms with van der Waals surface area (Å²) < 4.78 is 0. The Morgan fingerprint density at radius 1 is 1.08 bits per heavy atom. The second-order valence-electron chi connectivity index (χ2n) is 4.87. The first-order valence-corrected chi connectivity index (χ1v) is 7.52. The van der Waals surface area contributed by atoms with Gasteiger partial charge >= 0.3 is 5.97 Å². The molecule has 24 heavy (non-hydrogen) atoms. The first-order valence-electron chi connectivity index (χ1n) is 6.89. The van der Waals surface area contributed by atoms with Gasteiger partial charge < -0.3 is 37.0 Å². The Balaban J connectivity index is 4.74. The predicted molar refractivity (Wildman–Crippen MR) is 85.1 cm³/mol. The van der Waals surface area contributed by atoms with Crippen molar-refractivity contribution in [2.75, 3.05) is 18.9 Å². The minimum Gasteiger partial charge on any atom is -0.480 e. The first kappa shape index (κ1) is 22.1. The summed E-state index contributed by atoms with van der Waals surface area (Å²) in [5.41, 5.74) is 5.43. The predicted octanol–water partition coefficient (Wildman–Crippen LogP) is -4.21. The van der Waals surface area contributed by atoms with Crippen LogP contribution in [-0.4, -0.2) is 82.1 Å². The van der Waals surface area contributed by atoms with E-state index in [1.807, 2.05) is 5.32 Å². The SMILES string of the molecule is CC(O)C(N)C(=O)NC(CS)C(=O)NC(CO)C(=O)NCC(=O)O. The van der Waals surface area contributed by atoms with Gasteiger partial charge in [0.05, 0.1) is 12.7 Å². The highest BCUT2D eigenvalue weighted by atomic mass is 32.1. The fourth-order valence-corrected chi connectivity index (χ4v) is 1.69. The Morgan fingerprint density at radius 2 is 1.62 bits per heavy atom. The summed E-state index contributed by atoms with van der Waals surface area (Å²) in [7, 11) is 0. The van der Waals surface area contributed by atoms with E-state index in [1.165, 1.54) is 6.92 Å². The van der Waals surface area contributed by atoms with Gasteiger partial charge in [-0.05, 0) is 6.92 Å². The lowest BCUT2D eigenvalue weighted by Gasteiger charge is -2.22. The molecule has 0 aliphatic heterocycles. The number of hydrogen-bond acceptors (Lipinski definition) is 8. The third kappa shape index (κ3) is 7.59. The molecule has 4 unspecified atom stereocenters. The zero-order valence-corrected chi connectivity index (χ0v) is 13.8. The zero-order valence-electron chi connectivity index (χ0n) is 12.9. The third-order valence-electron chi connectivity index (χ3n) is 2.87. The molecule has 0 aromatic rings. The van der Waals surface area contributed by atoms with Gasteiger partial charge in [0.25, 0.3) is 0 Å².